The molecule has 6 aromatic carbocycles. The summed E-state index contributed by atoms with van der Waals surface area (Å²) in [7, 11) is 1.83. The van der Waals surface area contributed by atoms with Gasteiger partial charge in [0.05, 0.1) is 23.8 Å². The standard InChI is InChI=1S/C17H14F6N6O.C17H16N4.C16H14F3N5O.C15H12F3N5O2.C15H12F3N5OS.C15H16N6/c1-10-5-11(2)7-12(6-10)14-24-9-28(26-14)4-3-13-15(30-17(21,22)23)27-29(25-13)8-16(18,19)20;1-13-9-14(2)11-15(10-13)17-19-12-21(20-17)8-6-16-5-3-4-7-18-16;1-10-5-11(2)7-12(6-10)15-20-9-24(21-15)4-3-13-14(23-25-22-13)8-16(17,18)19;2*1-9-5-10(2)7-11(6-9)13-19-8-23(20-13)4-3-12-14(22-25-21-12)24-15(16,17)18;1-11-6-12(2)8-13(7-11)15-17-10-21(19-15)5-4-14-16-9-20(3)18-14/h3-7,9H,8H2,1-2H3;3-12H,1-2H3;3-7,9H,8H2,1-2H3;2*3-8H,1-2H3;4-10H,1-3H3/b4-3-;8-6-;3*4-3-;5-4-. The first-order chi connectivity index (χ1) is 69.6. The summed E-state index contributed by atoms with van der Waals surface area (Å²) in [6.45, 7) is 22.3. The van der Waals surface area contributed by atoms with Gasteiger partial charge in [0.2, 0.25) is 0 Å². The molecule has 760 valence electrons. The minimum atomic E-state index is -5.15. The lowest BCUT2D eigenvalue weighted by Gasteiger charge is -2.05. The maximum Gasteiger partial charge on any atom is 0.574 e. The number of benzene rings is 6. The maximum absolute atomic E-state index is 12.5. The second kappa shape index (κ2) is 47.0. The van der Waals surface area contributed by atoms with Crippen molar-refractivity contribution in [3.05, 3.63) is 285 Å². The Kier molecular flexibility index (Phi) is 34.0. The van der Waals surface area contributed by atoms with E-state index >= 15 is 0 Å². The quantitative estimate of drug-likeness (QED) is 0.0537. The molecule has 0 N–H and O–H groups in total. The Morgan fingerprint density at radius 1 is 0.299 bits per heavy atom. The number of alkyl halides is 15. The second-order valence-corrected chi connectivity index (χ2v) is 33.0. The van der Waals surface area contributed by atoms with Crippen LogP contribution in [0.15, 0.2) is 187 Å². The summed E-state index contributed by atoms with van der Waals surface area (Å²) in [6.07, 6.45) is 4.86. The fourth-order valence-electron chi connectivity index (χ4n) is 13.7. The van der Waals surface area contributed by atoms with Gasteiger partial charge in [-0.05, 0) is 209 Å². The van der Waals surface area contributed by atoms with Gasteiger partial charge in [-0.2, -0.15) is 40.6 Å². The van der Waals surface area contributed by atoms with E-state index in [1.54, 1.807) is 51.5 Å². The molecule has 0 spiro atoms. The van der Waals surface area contributed by atoms with Gasteiger partial charge in [-0.1, -0.05) is 120 Å². The number of halogens is 15. The Morgan fingerprint density at radius 3 is 0.966 bits per heavy atom. The summed E-state index contributed by atoms with van der Waals surface area (Å²) in [6, 6.07) is 41.9. The van der Waals surface area contributed by atoms with E-state index in [-0.39, 0.29) is 27.6 Å². The van der Waals surface area contributed by atoms with Gasteiger partial charge >= 0.3 is 31.4 Å². The van der Waals surface area contributed by atoms with Crippen LogP contribution in [-0.2, 0) is 20.0 Å². The molecule has 0 bridgehead atoms. The van der Waals surface area contributed by atoms with E-state index in [1.807, 2.05) is 166 Å². The molecule has 52 heteroatoms. The number of rotatable bonds is 23. The Bertz CT molecular complexity index is 7210. The zero-order valence-electron chi connectivity index (χ0n) is 79.6. The topological polar surface area (TPSA) is 390 Å². The highest BCUT2D eigenvalue weighted by atomic mass is 32.1. The maximum atomic E-state index is 12.5. The average molecular weight is 2060 g/mol. The number of pyridine rings is 1. The molecule has 18 rings (SSSR count). The van der Waals surface area contributed by atoms with Crippen LogP contribution >= 0.6 is 11.7 Å². The summed E-state index contributed by atoms with van der Waals surface area (Å²) in [5.41, 5.74) is 18.5. The summed E-state index contributed by atoms with van der Waals surface area (Å²) in [5.74, 6) is 1.47. The van der Waals surface area contributed by atoms with Gasteiger partial charge in [0.15, 0.2) is 58.7 Å². The van der Waals surface area contributed by atoms with Gasteiger partial charge in [0.1, 0.15) is 61.4 Å². The molecule has 0 saturated heterocycles. The van der Waals surface area contributed by atoms with Crippen molar-refractivity contribution in [2.75, 3.05) is 0 Å². The third kappa shape index (κ3) is 33.7. The number of nitrogens with zero attached hydrogens (tertiary/aromatic N) is 31. The number of hydrogen-bond acceptors (Lipinski definition) is 29. The fraction of sp³-hybridized carbons (Fsp3) is 0.211. The Hall–Kier alpha value is -17.8. The van der Waals surface area contributed by atoms with Crippen molar-refractivity contribution in [3.63, 3.8) is 0 Å². The van der Waals surface area contributed by atoms with Crippen LogP contribution < -0.4 is 14.2 Å². The van der Waals surface area contributed by atoms with Crippen LogP contribution in [0.2, 0.25) is 0 Å². The predicted molar refractivity (Wildman–Crippen MR) is 511 cm³/mol. The third-order valence-corrected chi connectivity index (χ3v) is 19.6. The van der Waals surface area contributed by atoms with Crippen molar-refractivity contribution < 1.29 is 89.3 Å². The first-order valence-electron chi connectivity index (χ1n) is 43.3. The normalized spacial score (nSPS) is 12.0. The molecule has 12 heterocycles. The van der Waals surface area contributed by atoms with Gasteiger partial charge in [-0.3, -0.25) is 9.67 Å². The van der Waals surface area contributed by atoms with E-state index in [9.17, 15) is 65.9 Å². The van der Waals surface area contributed by atoms with Gasteiger partial charge in [0, 0.05) is 89.9 Å². The fourth-order valence-corrected chi connectivity index (χ4v) is 14.2. The van der Waals surface area contributed by atoms with Crippen molar-refractivity contribution in [2.24, 2.45) is 7.05 Å². The van der Waals surface area contributed by atoms with E-state index in [1.165, 1.54) is 109 Å². The molecule has 36 nitrogen and oxygen atoms in total. The van der Waals surface area contributed by atoms with Crippen molar-refractivity contribution >= 4 is 85.4 Å². The summed E-state index contributed by atoms with van der Waals surface area (Å²) in [5, 5.41) is 49.7. The molecule has 0 aliphatic carbocycles. The average Bonchev–Trinajstić information content (AvgIpc) is 1.67. The first-order valence-corrected chi connectivity index (χ1v) is 44.0. The van der Waals surface area contributed by atoms with E-state index in [4.69, 9.17) is 0 Å². The SMILES string of the molecule is Cc1cc(C)cc(-c2ncn(/C=C\c3ccccn3)n2)c1.Cc1cc(C)cc(-c2ncn(/C=C\c3ncn(C)n3)n2)c1.Cc1cc(C)cc(-c2ncn(/C=C\c3nn(CC(F)(F)F)nc3OC(F)(F)F)n2)c1.Cc1cc(C)cc(-c2ncn(/C=C\c3nonc3CC(F)(F)F)n2)c1.Cc1cc(C)cc(-c2ncn(/C=C\c3nonc3OC(F)(F)F)n2)c1.Cc1cc(C)cc(-c2ncn(/C=C\c3nsnc3OC(F)(F)F)n2)c1. The molecular formula is C95H84F15N31O5S. The molecule has 0 fully saturated rings. The van der Waals surface area contributed by atoms with Crippen LogP contribution in [0.25, 0.3) is 142 Å². The summed E-state index contributed by atoms with van der Waals surface area (Å²) in [4.78, 5) is 33.8. The molecule has 0 aliphatic heterocycles. The minimum Gasteiger partial charge on any atom is -0.384 e. The van der Waals surface area contributed by atoms with Crippen LogP contribution in [0.3, 0.4) is 0 Å². The van der Waals surface area contributed by atoms with Crippen molar-refractivity contribution in [2.45, 2.75) is 127 Å². The minimum absolute atomic E-state index is 0.000718. The lowest BCUT2D eigenvalue weighted by molar-refractivity contribution is -0.277. The molecule has 147 heavy (non-hydrogen) atoms. The molecule has 0 aliphatic rings. The predicted octanol–water partition coefficient (Wildman–Crippen LogP) is 21.2. The number of aromatic nitrogens is 31. The molecule has 0 amide bonds. The van der Waals surface area contributed by atoms with Crippen molar-refractivity contribution in [3.8, 4) is 86.0 Å². The van der Waals surface area contributed by atoms with E-state index in [2.05, 4.69) is 203 Å². The number of aryl methyl sites for hydroxylation is 13. The van der Waals surface area contributed by atoms with E-state index < -0.39 is 67.7 Å². The second-order valence-electron chi connectivity index (χ2n) is 32.4. The van der Waals surface area contributed by atoms with Crippen LogP contribution in [0.4, 0.5) is 65.9 Å². The molecule has 0 saturated carbocycles. The highest BCUT2D eigenvalue weighted by Crippen LogP contribution is 2.33. The smallest absolute Gasteiger partial charge is 0.384 e. The zero-order chi connectivity index (χ0) is 106. The van der Waals surface area contributed by atoms with Crippen LogP contribution in [0.1, 0.15) is 107 Å². The molecule has 12 aromatic heterocycles. The van der Waals surface area contributed by atoms with E-state index in [0.29, 0.717) is 46.7 Å². The number of hydrogen-bond donors (Lipinski definition) is 0. The van der Waals surface area contributed by atoms with Gasteiger partial charge < -0.3 is 14.2 Å². The lowest BCUT2D eigenvalue weighted by atomic mass is 10.1. The van der Waals surface area contributed by atoms with Crippen molar-refractivity contribution in [1.82, 2.24) is 153 Å². The van der Waals surface area contributed by atoms with Gasteiger partial charge in [-0.25, -0.2) is 72.2 Å². The van der Waals surface area contributed by atoms with Crippen molar-refractivity contribution in [1.29, 1.82) is 0 Å². The molecule has 0 radical (unpaired) electrons. The lowest BCUT2D eigenvalue weighted by Crippen LogP contribution is -2.20. The Morgan fingerprint density at radius 2 is 0.626 bits per heavy atom. The van der Waals surface area contributed by atoms with Crippen LogP contribution in [-0.4, -0.2) is 184 Å². The van der Waals surface area contributed by atoms with E-state index in [0.717, 1.165) is 95.5 Å². The summed E-state index contributed by atoms with van der Waals surface area (Å²) >= 11 is 0.626. The highest BCUT2D eigenvalue weighted by molar-refractivity contribution is 6.99. The zero-order valence-corrected chi connectivity index (χ0v) is 80.4. The Labute approximate surface area is 828 Å². The molecule has 18 aromatic rings. The molecule has 0 unspecified atom stereocenters. The van der Waals surface area contributed by atoms with Gasteiger partial charge in [0.25, 0.3) is 17.6 Å². The monoisotopic (exact) mass is 2060 g/mol. The first kappa shape index (κ1) is 107. The molecular weight excluding hydrogens is 1970 g/mol. The summed E-state index contributed by atoms with van der Waals surface area (Å²) < 4.78 is 223. The van der Waals surface area contributed by atoms with Gasteiger partial charge in [-0.15, -0.1) is 84.7 Å². The van der Waals surface area contributed by atoms with Crippen LogP contribution in [0.5, 0.6) is 17.6 Å². The number of ether oxygens (including phenoxy) is 3. The largest absolute Gasteiger partial charge is 0.574 e. The molecule has 0 atom stereocenters. The highest BCUT2D eigenvalue weighted by Gasteiger charge is 2.38. The van der Waals surface area contributed by atoms with Crippen LogP contribution in [0, 0.1) is 83.1 Å². The third-order valence-electron chi connectivity index (χ3n) is 19.1. The Balaban J connectivity index is 0.000000148.